The Hall–Kier alpha value is -1.56. The summed E-state index contributed by atoms with van der Waals surface area (Å²) in [5.74, 6) is 0.501. The predicted molar refractivity (Wildman–Crippen MR) is 82.4 cm³/mol. The summed E-state index contributed by atoms with van der Waals surface area (Å²) in [4.78, 5) is 15.9. The van der Waals surface area contributed by atoms with Crippen molar-refractivity contribution in [3.63, 3.8) is 0 Å². The maximum atomic E-state index is 11.7. The van der Waals surface area contributed by atoms with Crippen molar-refractivity contribution in [2.75, 3.05) is 25.0 Å². The van der Waals surface area contributed by atoms with Crippen LogP contribution in [-0.2, 0) is 4.79 Å². The molecule has 0 radical (unpaired) electrons. The highest BCUT2D eigenvalue weighted by Gasteiger charge is 2.02. The summed E-state index contributed by atoms with van der Waals surface area (Å²) in [7, 11) is 0. The summed E-state index contributed by atoms with van der Waals surface area (Å²) < 4.78 is 0.926. The van der Waals surface area contributed by atoms with Crippen molar-refractivity contribution < 1.29 is 4.79 Å². The quantitative estimate of drug-likeness (QED) is 0.572. The highest BCUT2D eigenvalue weighted by Crippen LogP contribution is 2.15. The van der Waals surface area contributed by atoms with Gasteiger partial charge < -0.3 is 16.0 Å². The molecule has 0 fully saturated rings. The van der Waals surface area contributed by atoms with E-state index >= 15 is 0 Å². The molecule has 0 heterocycles. The van der Waals surface area contributed by atoms with Gasteiger partial charge in [-0.1, -0.05) is 22.0 Å². The van der Waals surface area contributed by atoms with Gasteiger partial charge in [0.1, 0.15) is 6.54 Å². The van der Waals surface area contributed by atoms with Gasteiger partial charge in [0, 0.05) is 23.2 Å². The fourth-order valence-electron chi connectivity index (χ4n) is 1.43. The number of amides is 1. The third kappa shape index (κ3) is 6.24. The Balaban J connectivity index is 2.52. The number of guanidine groups is 1. The third-order valence-electron chi connectivity index (χ3n) is 2.18. The van der Waals surface area contributed by atoms with Crippen molar-refractivity contribution in [1.29, 1.82) is 0 Å². The van der Waals surface area contributed by atoms with Crippen LogP contribution in [0.15, 0.2) is 33.7 Å². The summed E-state index contributed by atoms with van der Waals surface area (Å²) in [5, 5.41) is 8.92. The van der Waals surface area contributed by atoms with Crippen molar-refractivity contribution in [2.24, 2.45) is 4.99 Å². The van der Waals surface area contributed by atoms with E-state index in [1.807, 2.05) is 38.1 Å². The summed E-state index contributed by atoms with van der Waals surface area (Å²) >= 11 is 3.36. The molecule has 19 heavy (non-hydrogen) atoms. The Bertz CT molecular complexity index is 440. The van der Waals surface area contributed by atoms with E-state index in [4.69, 9.17) is 0 Å². The Labute approximate surface area is 122 Å². The molecule has 0 unspecified atom stereocenters. The lowest BCUT2D eigenvalue weighted by Crippen LogP contribution is -2.37. The molecule has 104 valence electrons. The van der Waals surface area contributed by atoms with Gasteiger partial charge in [0.15, 0.2) is 5.96 Å². The molecule has 3 N–H and O–H groups in total. The SMILES string of the molecule is CCNC(=NCC(=O)Nc1cccc(Br)c1)NCC. The molecule has 0 saturated carbocycles. The van der Waals surface area contributed by atoms with E-state index in [2.05, 4.69) is 36.9 Å². The minimum Gasteiger partial charge on any atom is -0.357 e. The second kappa shape index (κ2) is 8.53. The first-order valence-corrected chi connectivity index (χ1v) is 7.02. The Morgan fingerprint density at radius 3 is 2.53 bits per heavy atom. The second-order valence-electron chi connectivity index (χ2n) is 3.78. The van der Waals surface area contributed by atoms with Gasteiger partial charge in [0.25, 0.3) is 0 Å². The van der Waals surface area contributed by atoms with Crippen LogP contribution in [0.1, 0.15) is 13.8 Å². The largest absolute Gasteiger partial charge is 0.357 e. The standard InChI is InChI=1S/C13H19BrN4O/c1-3-15-13(16-4-2)17-9-12(19)18-11-7-5-6-10(14)8-11/h5-8H,3-4,9H2,1-2H3,(H,18,19)(H2,15,16,17). The van der Waals surface area contributed by atoms with Crippen LogP contribution < -0.4 is 16.0 Å². The number of aliphatic imine (C=N–C) groups is 1. The van der Waals surface area contributed by atoms with E-state index in [1.165, 1.54) is 0 Å². The number of carbonyl (C=O) groups is 1. The van der Waals surface area contributed by atoms with Gasteiger partial charge in [0.05, 0.1) is 0 Å². The Kier molecular flexibility index (Phi) is 6.95. The summed E-state index contributed by atoms with van der Waals surface area (Å²) in [6, 6.07) is 7.45. The zero-order valence-electron chi connectivity index (χ0n) is 11.2. The molecule has 0 aliphatic carbocycles. The average molecular weight is 327 g/mol. The summed E-state index contributed by atoms with van der Waals surface area (Å²) in [5.41, 5.74) is 0.753. The van der Waals surface area contributed by atoms with Gasteiger partial charge in [-0.3, -0.25) is 4.79 Å². The molecule has 1 rings (SSSR count). The number of carbonyl (C=O) groups excluding carboxylic acids is 1. The van der Waals surface area contributed by atoms with Crippen LogP contribution in [0.25, 0.3) is 0 Å². The lowest BCUT2D eigenvalue weighted by Gasteiger charge is -2.09. The summed E-state index contributed by atoms with van der Waals surface area (Å²) in [6.07, 6.45) is 0. The van der Waals surface area contributed by atoms with Crippen LogP contribution in [0.5, 0.6) is 0 Å². The second-order valence-corrected chi connectivity index (χ2v) is 4.70. The summed E-state index contributed by atoms with van der Waals surface area (Å²) in [6.45, 7) is 5.57. The van der Waals surface area contributed by atoms with Crippen molar-refractivity contribution in [3.8, 4) is 0 Å². The molecule has 1 aromatic carbocycles. The first-order chi connectivity index (χ1) is 9.15. The van der Waals surface area contributed by atoms with Crippen LogP contribution in [0.2, 0.25) is 0 Å². The van der Waals surface area contributed by atoms with E-state index in [9.17, 15) is 4.79 Å². The predicted octanol–water partition coefficient (Wildman–Crippen LogP) is 1.96. The number of hydrogen-bond acceptors (Lipinski definition) is 2. The molecule has 1 aromatic rings. The normalized spacial score (nSPS) is 9.63. The van der Waals surface area contributed by atoms with Crippen molar-refractivity contribution in [2.45, 2.75) is 13.8 Å². The zero-order valence-corrected chi connectivity index (χ0v) is 12.8. The third-order valence-corrected chi connectivity index (χ3v) is 2.67. The number of nitrogens with one attached hydrogen (secondary N) is 3. The van der Waals surface area contributed by atoms with Gasteiger partial charge in [-0.25, -0.2) is 4.99 Å². The molecule has 0 aliphatic rings. The molecule has 5 nitrogen and oxygen atoms in total. The molecule has 0 aliphatic heterocycles. The number of benzene rings is 1. The number of nitrogens with zero attached hydrogens (tertiary/aromatic N) is 1. The molecule has 0 aromatic heterocycles. The number of rotatable bonds is 5. The van der Waals surface area contributed by atoms with Crippen molar-refractivity contribution in [3.05, 3.63) is 28.7 Å². The molecule has 0 saturated heterocycles. The minimum absolute atomic E-state index is 0.0852. The van der Waals surface area contributed by atoms with Crippen LogP contribution in [0.3, 0.4) is 0 Å². The lowest BCUT2D eigenvalue weighted by atomic mass is 10.3. The molecule has 1 amide bonds. The average Bonchev–Trinajstić information content (AvgIpc) is 2.36. The fourth-order valence-corrected chi connectivity index (χ4v) is 1.83. The monoisotopic (exact) mass is 326 g/mol. The zero-order chi connectivity index (χ0) is 14.1. The van der Waals surface area contributed by atoms with E-state index in [1.54, 1.807) is 0 Å². The maximum absolute atomic E-state index is 11.7. The van der Waals surface area contributed by atoms with E-state index in [-0.39, 0.29) is 12.5 Å². The topological polar surface area (TPSA) is 65.5 Å². The van der Waals surface area contributed by atoms with E-state index in [0.717, 1.165) is 23.2 Å². The van der Waals surface area contributed by atoms with Gasteiger partial charge >= 0.3 is 0 Å². The molecule has 0 spiro atoms. The van der Waals surface area contributed by atoms with Crippen LogP contribution >= 0.6 is 15.9 Å². The fraction of sp³-hybridized carbons (Fsp3) is 0.385. The Morgan fingerprint density at radius 1 is 1.26 bits per heavy atom. The maximum Gasteiger partial charge on any atom is 0.246 e. The van der Waals surface area contributed by atoms with Gasteiger partial charge in [-0.15, -0.1) is 0 Å². The number of hydrogen-bond donors (Lipinski definition) is 3. The van der Waals surface area contributed by atoms with Crippen molar-refractivity contribution >= 4 is 33.5 Å². The first kappa shape index (κ1) is 15.5. The minimum atomic E-state index is -0.147. The van der Waals surface area contributed by atoms with E-state index in [0.29, 0.717) is 5.96 Å². The van der Waals surface area contributed by atoms with Gasteiger partial charge in [-0.2, -0.15) is 0 Å². The number of anilines is 1. The molecule has 0 bridgehead atoms. The van der Waals surface area contributed by atoms with Gasteiger partial charge in [-0.05, 0) is 32.0 Å². The van der Waals surface area contributed by atoms with Crippen LogP contribution in [-0.4, -0.2) is 31.5 Å². The van der Waals surface area contributed by atoms with Crippen LogP contribution in [0, 0.1) is 0 Å². The molecule has 0 atom stereocenters. The Morgan fingerprint density at radius 2 is 1.95 bits per heavy atom. The van der Waals surface area contributed by atoms with Gasteiger partial charge in [0.2, 0.25) is 5.91 Å². The molecule has 6 heteroatoms. The molecular weight excluding hydrogens is 308 g/mol. The van der Waals surface area contributed by atoms with Crippen LogP contribution in [0.4, 0.5) is 5.69 Å². The highest BCUT2D eigenvalue weighted by molar-refractivity contribution is 9.10. The smallest absolute Gasteiger partial charge is 0.246 e. The lowest BCUT2D eigenvalue weighted by molar-refractivity contribution is -0.114. The number of halogens is 1. The van der Waals surface area contributed by atoms with Crippen molar-refractivity contribution in [1.82, 2.24) is 10.6 Å². The van der Waals surface area contributed by atoms with E-state index < -0.39 is 0 Å². The first-order valence-electron chi connectivity index (χ1n) is 6.23. The molecular formula is C13H19BrN4O. The highest BCUT2D eigenvalue weighted by atomic mass is 79.9.